The highest BCUT2D eigenvalue weighted by atomic mass is 32.1. The van der Waals surface area contributed by atoms with Crippen molar-refractivity contribution in [3.05, 3.63) is 12.7 Å². The van der Waals surface area contributed by atoms with Crippen LogP contribution in [0.1, 0.15) is 6.42 Å². The van der Waals surface area contributed by atoms with E-state index in [0.29, 0.717) is 18.2 Å². The summed E-state index contributed by atoms with van der Waals surface area (Å²) < 4.78 is 0. The van der Waals surface area contributed by atoms with Gasteiger partial charge in [0.2, 0.25) is 0 Å². The van der Waals surface area contributed by atoms with Gasteiger partial charge in [0.1, 0.15) is 0 Å². The average Bonchev–Trinajstić information content (AvgIpc) is 2.01. The molecule has 0 aromatic heterocycles. The largest absolute Gasteiger partial charge is 0.396 e. The summed E-state index contributed by atoms with van der Waals surface area (Å²) in [6.07, 6.45) is 2.45. The van der Waals surface area contributed by atoms with Gasteiger partial charge in [-0.25, -0.2) is 0 Å². The van der Waals surface area contributed by atoms with Gasteiger partial charge in [-0.05, 0) is 18.6 Å². The number of thiocarbonyl (C=S) groups is 1. The van der Waals surface area contributed by atoms with Crippen molar-refractivity contribution in [2.75, 3.05) is 19.7 Å². The Hall–Kier alpha value is -0.610. The van der Waals surface area contributed by atoms with Gasteiger partial charge in [-0.15, -0.1) is 6.58 Å². The van der Waals surface area contributed by atoms with Crippen molar-refractivity contribution in [3.8, 4) is 0 Å². The van der Waals surface area contributed by atoms with Gasteiger partial charge < -0.3 is 15.7 Å². The fourth-order valence-electron chi connectivity index (χ4n) is 0.508. The maximum Gasteiger partial charge on any atom is 0.166 e. The number of rotatable bonds is 5. The number of aliphatic hydroxyl groups is 1. The summed E-state index contributed by atoms with van der Waals surface area (Å²) in [6, 6.07) is 0. The quantitative estimate of drug-likeness (QED) is 0.312. The highest BCUT2D eigenvalue weighted by molar-refractivity contribution is 7.80. The molecule has 0 saturated carbocycles. The molecule has 0 aliphatic carbocycles. The molecule has 64 valence electrons. The SMILES string of the molecule is C=CCNC(=S)NCCCO. The van der Waals surface area contributed by atoms with E-state index in [2.05, 4.69) is 17.2 Å². The van der Waals surface area contributed by atoms with Crippen molar-refractivity contribution in [2.45, 2.75) is 6.42 Å². The molecule has 0 atom stereocenters. The maximum atomic E-state index is 8.44. The van der Waals surface area contributed by atoms with Gasteiger partial charge in [0.05, 0.1) is 0 Å². The molecule has 0 saturated heterocycles. The van der Waals surface area contributed by atoms with E-state index in [1.54, 1.807) is 6.08 Å². The molecule has 3 N–H and O–H groups in total. The zero-order valence-corrected chi connectivity index (χ0v) is 7.28. The minimum absolute atomic E-state index is 0.192. The van der Waals surface area contributed by atoms with Crippen LogP contribution in [0.5, 0.6) is 0 Å². The predicted octanol–water partition coefficient (Wildman–Crippen LogP) is 0.0189. The molecule has 0 unspecified atom stereocenters. The molecule has 0 amide bonds. The summed E-state index contributed by atoms with van der Waals surface area (Å²) in [4.78, 5) is 0. The van der Waals surface area contributed by atoms with Crippen LogP contribution in [0.2, 0.25) is 0 Å². The molecule has 0 aromatic carbocycles. The Bertz CT molecular complexity index is 128. The number of hydrogen-bond donors (Lipinski definition) is 3. The number of hydrogen-bond acceptors (Lipinski definition) is 2. The second-order valence-electron chi connectivity index (χ2n) is 2.00. The Balaban J connectivity index is 3.15. The van der Waals surface area contributed by atoms with Gasteiger partial charge in [-0.1, -0.05) is 6.08 Å². The third-order valence-corrected chi connectivity index (χ3v) is 1.32. The first-order valence-electron chi connectivity index (χ1n) is 3.54. The molecular weight excluding hydrogens is 160 g/mol. The Kier molecular flexibility index (Phi) is 7.08. The van der Waals surface area contributed by atoms with E-state index >= 15 is 0 Å². The van der Waals surface area contributed by atoms with Crippen LogP contribution < -0.4 is 10.6 Å². The third-order valence-electron chi connectivity index (χ3n) is 1.03. The summed E-state index contributed by atoms with van der Waals surface area (Å²) in [6.45, 7) is 5.11. The molecule has 0 aliphatic rings. The monoisotopic (exact) mass is 174 g/mol. The van der Waals surface area contributed by atoms with Gasteiger partial charge in [0, 0.05) is 19.7 Å². The minimum atomic E-state index is 0.192. The van der Waals surface area contributed by atoms with Crippen molar-refractivity contribution < 1.29 is 5.11 Å². The fraction of sp³-hybridized carbons (Fsp3) is 0.571. The van der Waals surface area contributed by atoms with Gasteiger partial charge in [0.15, 0.2) is 5.11 Å². The zero-order chi connectivity index (χ0) is 8.53. The lowest BCUT2D eigenvalue weighted by molar-refractivity contribution is 0.289. The molecule has 0 radical (unpaired) electrons. The highest BCUT2D eigenvalue weighted by Crippen LogP contribution is 1.73. The second kappa shape index (κ2) is 7.50. The Morgan fingerprint density at radius 1 is 1.55 bits per heavy atom. The van der Waals surface area contributed by atoms with Crippen LogP contribution in [0.25, 0.3) is 0 Å². The van der Waals surface area contributed by atoms with E-state index in [1.165, 1.54) is 0 Å². The average molecular weight is 174 g/mol. The van der Waals surface area contributed by atoms with Crippen molar-refractivity contribution in [1.82, 2.24) is 10.6 Å². The number of aliphatic hydroxyl groups excluding tert-OH is 1. The van der Waals surface area contributed by atoms with Crippen LogP contribution in [0.15, 0.2) is 12.7 Å². The first-order valence-corrected chi connectivity index (χ1v) is 3.95. The molecule has 0 rings (SSSR count). The van der Waals surface area contributed by atoms with Crippen LogP contribution in [0, 0.1) is 0 Å². The number of nitrogens with one attached hydrogen (secondary N) is 2. The van der Waals surface area contributed by atoms with Crippen molar-refractivity contribution >= 4 is 17.3 Å². The van der Waals surface area contributed by atoms with E-state index in [1.807, 2.05) is 0 Å². The molecular formula is C7H14N2OS. The summed E-state index contributed by atoms with van der Waals surface area (Å²) in [5, 5.41) is 14.9. The second-order valence-corrected chi connectivity index (χ2v) is 2.41. The Morgan fingerprint density at radius 3 is 2.82 bits per heavy atom. The smallest absolute Gasteiger partial charge is 0.166 e. The molecule has 3 nitrogen and oxygen atoms in total. The lowest BCUT2D eigenvalue weighted by Crippen LogP contribution is -2.35. The normalized spacial score (nSPS) is 8.82. The summed E-state index contributed by atoms with van der Waals surface area (Å²) in [5.74, 6) is 0. The lowest BCUT2D eigenvalue weighted by Gasteiger charge is -2.06. The molecule has 0 heterocycles. The molecule has 0 aromatic rings. The maximum absolute atomic E-state index is 8.44. The molecule has 0 spiro atoms. The van der Waals surface area contributed by atoms with E-state index in [-0.39, 0.29) is 6.61 Å². The molecule has 11 heavy (non-hydrogen) atoms. The summed E-state index contributed by atoms with van der Waals surface area (Å²) >= 11 is 4.88. The molecule has 4 heteroatoms. The summed E-state index contributed by atoms with van der Waals surface area (Å²) in [7, 11) is 0. The van der Waals surface area contributed by atoms with Gasteiger partial charge in [0.25, 0.3) is 0 Å². The van der Waals surface area contributed by atoms with Crippen LogP contribution in [-0.4, -0.2) is 29.9 Å². The van der Waals surface area contributed by atoms with Crippen LogP contribution >= 0.6 is 12.2 Å². The predicted molar refractivity (Wildman–Crippen MR) is 50.5 cm³/mol. The zero-order valence-electron chi connectivity index (χ0n) is 6.47. The van der Waals surface area contributed by atoms with Gasteiger partial charge in [-0.2, -0.15) is 0 Å². The van der Waals surface area contributed by atoms with Crippen molar-refractivity contribution in [2.24, 2.45) is 0 Å². The highest BCUT2D eigenvalue weighted by Gasteiger charge is 1.90. The van der Waals surface area contributed by atoms with Crippen LogP contribution in [-0.2, 0) is 0 Å². The van der Waals surface area contributed by atoms with Crippen molar-refractivity contribution in [3.63, 3.8) is 0 Å². The Labute approximate surface area is 72.5 Å². The minimum Gasteiger partial charge on any atom is -0.396 e. The van der Waals surface area contributed by atoms with E-state index in [9.17, 15) is 0 Å². The van der Waals surface area contributed by atoms with Crippen LogP contribution in [0.3, 0.4) is 0 Å². The first-order chi connectivity index (χ1) is 5.31. The van der Waals surface area contributed by atoms with Crippen LogP contribution in [0.4, 0.5) is 0 Å². The Morgan fingerprint density at radius 2 is 2.27 bits per heavy atom. The molecule has 0 fully saturated rings. The fourth-order valence-corrected chi connectivity index (χ4v) is 0.694. The third kappa shape index (κ3) is 7.29. The van der Waals surface area contributed by atoms with E-state index in [4.69, 9.17) is 17.3 Å². The summed E-state index contributed by atoms with van der Waals surface area (Å²) in [5.41, 5.74) is 0. The first kappa shape index (κ1) is 10.4. The van der Waals surface area contributed by atoms with E-state index < -0.39 is 0 Å². The standard InChI is InChI=1S/C7H14N2OS/c1-2-4-8-7(11)9-5-3-6-10/h2,10H,1,3-6H2,(H2,8,9,11). The van der Waals surface area contributed by atoms with Gasteiger partial charge >= 0.3 is 0 Å². The van der Waals surface area contributed by atoms with Gasteiger partial charge in [-0.3, -0.25) is 0 Å². The van der Waals surface area contributed by atoms with Crippen molar-refractivity contribution in [1.29, 1.82) is 0 Å². The molecule has 0 aliphatic heterocycles. The molecule has 0 bridgehead atoms. The van der Waals surface area contributed by atoms with E-state index in [0.717, 1.165) is 6.42 Å². The lowest BCUT2D eigenvalue weighted by atomic mass is 10.4. The topological polar surface area (TPSA) is 44.3 Å².